The highest BCUT2D eigenvalue weighted by Gasteiger charge is 2.40. The third-order valence-electron chi connectivity index (χ3n) is 6.25. The van der Waals surface area contributed by atoms with Crippen molar-refractivity contribution in [3.8, 4) is 0 Å². The second-order valence-corrected chi connectivity index (χ2v) is 8.51. The molecule has 0 bridgehead atoms. The molecule has 1 heterocycles. The standard InChI is InChI=1S/C24H35N3O3/c1-2-3-16-26-17-18-27(24(30)23(26)29)21(19-12-8-7-9-13-19)22(28)25-20-14-10-5-4-6-11-15-20/h7-9,12-13,20-21H,2-6,10-11,14-18H2,1H3,(H,25,28)/t21-/m1/s1. The fraction of sp³-hybridized carbons (Fsp3) is 0.625. The Hall–Kier alpha value is -2.37. The number of rotatable bonds is 7. The zero-order valence-corrected chi connectivity index (χ0v) is 18.1. The molecule has 6 nitrogen and oxygen atoms in total. The van der Waals surface area contributed by atoms with Crippen molar-refractivity contribution in [2.24, 2.45) is 0 Å². The van der Waals surface area contributed by atoms with Crippen LogP contribution in [0.5, 0.6) is 0 Å². The Morgan fingerprint density at radius 2 is 1.67 bits per heavy atom. The Morgan fingerprint density at radius 1 is 1.00 bits per heavy atom. The van der Waals surface area contributed by atoms with Crippen LogP contribution in [0.1, 0.15) is 76.3 Å². The number of amides is 3. The summed E-state index contributed by atoms with van der Waals surface area (Å²) in [7, 11) is 0. The molecule has 0 spiro atoms. The van der Waals surface area contributed by atoms with E-state index in [1.807, 2.05) is 30.3 Å². The van der Waals surface area contributed by atoms with Crippen LogP contribution in [0.25, 0.3) is 0 Å². The predicted octanol–water partition coefficient (Wildman–Crippen LogP) is 3.43. The first-order valence-corrected chi connectivity index (χ1v) is 11.6. The maximum absolute atomic E-state index is 13.4. The third-order valence-corrected chi connectivity index (χ3v) is 6.25. The molecule has 1 N–H and O–H groups in total. The average molecular weight is 414 g/mol. The van der Waals surface area contributed by atoms with E-state index in [2.05, 4.69) is 12.2 Å². The van der Waals surface area contributed by atoms with Crippen LogP contribution in [0.2, 0.25) is 0 Å². The van der Waals surface area contributed by atoms with Gasteiger partial charge in [0.2, 0.25) is 5.91 Å². The second kappa shape index (κ2) is 11.1. The monoisotopic (exact) mass is 413 g/mol. The molecular formula is C24H35N3O3. The van der Waals surface area contributed by atoms with Crippen molar-refractivity contribution in [3.63, 3.8) is 0 Å². The quantitative estimate of drug-likeness (QED) is 0.696. The van der Waals surface area contributed by atoms with Gasteiger partial charge in [-0.2, -0.15) is 0 Å². The van der Waals surface area contributed by atoms with Gasteiger partial charge in [0.1, 0.15) is 6.04 Å². The van der Waals surface area contributed by atoms with Crippen LogP contribution in [0, 0.1) is 0 Å². The SMILES string of the molecule is CCCCN1CCN([C@@H](C(=O)NC2CCCCCCC2)c2ccccc2)C(=O)C1=O. The average Bonchev–Trinajstić information content (AvgIpc) is 2.73. The van der Waals surface area contributed by atoms with Gasteiger partial charge in [-0.3, -0.25) is 14.4 Å². The number of piperazine rings is 1. The summed E-state index contributed by atoms with van der Waals surface area (Å²) >= 11 is 0. The van der Waals surface area contributed by atoms with Crippen molar-refractivity contribution >= 4 is 17.7 Å². The van der Waals surface area contributed by atoms with Crippen LogP contribution in [-0.4, -0.2) is 53.2 Å². The number of hydrogen-bond donors (Lipinski definition) is 1. The largest absolute Gasteiger partial charge is 0.351 e. The van der Waals surface area contributed by atoms with Gasteiger partial charge >= 0.3 is 11.8 Å². The fourth-order valence-corrected chi connectivity index (χ4v) is 4.49. The molecule has 2 fully saturated rings. The fourth-order valence-electron chi connectivity index (χ4n) is 4.49. The number of carbonyl (C=O) groups excluding carboxylic acids is 3. The maximum Gasteiger partial charge on any atom is 0.313 e. The summed E-state index contributed by atoms with van der Waals surface area (Å²) in [6.07, 6.45) is 9.73. The minimum Gasteiger partial charge on any atom is -0.351 e. The molecule has 6 heteroatoms. The first kappa shape index (κ1) is 22.3. The zero-order chi connectivity index (χ0) is 21.3. The lowest BCUT2D eigenvalue weighted by Crippen LogP contribution is -2.58. The van der Waals surface area contributed by atoms with Crippen molar-refractivity contribution < 1.29 is 14.4 Å². The van der Waals surface area contributed by atoms with E-state index in [4.69, 9.17) is 0 Å². The highest BCUT2D eigenvalue weighted by atomic mass is 16.2. The van der Waals surface area contributed by atoms with Gasteiger partial charge in [-0.25, -0.2) is 0 Å². The molecule has 1 aromatic rings. The molecule has 1 saturated heterocycles. The van der Waals surface area contributed by atoms with Crippen LogP contribution in [-0.2, 0) is 14.4 Å². The van der Waals surface area contributed by atoms with E-state index in [9.17, 15) is 14.4 Å². The van der Waals surface area contributed by atoms with Gasteiger partial charge in [0.05, 0.1) is 0 Å². The Bertz CT molecular complexity index is 714. The molecule has 1 aliphatic heterocycles. The molecule has 0 unspecified atom stereocenters. The predicted molar refractivity (Wildman–Crippen MR) is 117 cm³/mol. The van der Waals surface area contributed by atoms with Crippen molar-refractivity contribution in [1.82, 2.24) is 15.1 Å². The van der Waals surface area contributed by atoms with E-state index in [-0.39, 0.29) is 11.9 Å². The summed E-state index contributed by atoms with van der Waals surface area (Å²) in [5, 5.41) is 3.21. The van der Waals surface area contributed by atoms with Gasteiger partial charge in [0, 0.05) is 25.7 Å². The van der Waals surface area contributed by atoms with Crippen LogP contribution >= 0.6 is 0 Å². The van der Waals surface area contributed by atoms with Crippen molar-refractivity contribution in [3.05, 3.63) is 35.9 Å². The van der Waals surface area contributed by atoms with Crippen molar-refractivity contribution in [2.45, 2.75) is 76.8 Å². The number of unbranched alkanes of at least 4 members (excludes halogenated alkanes) is 1. The minimum absolute atomic E-state index is 0.139. The Balaban J connectivity index is 1.77. The van der Waals surface area contributed by atoms with Gasteiger partial charge in [0.25, 0.3) is 0 Å². The van der Waals surface area contributed by atoms with Gasteiger partial charge in [0.15, 0.2) is 0 Å². The molecule has 0 radical (unpaired) electrons. The van der Waals surface area contributed by atoms with Gasteiger partial charge in [-0.05, 0) is 24.8 Å². The van der Waals surface area contributed by atoms with E-state index >= 15 is 0 Å². The van der Waals surface area contributed by atoms with Crippen LogP contribution < -0.4 is 5.32 Å². The third kappa shape index (κ3) is 5.61. The molecule has 1 aliphatic carbocycles. The highest BCUT2D eigenvalue weighted by Crippen LogP contribution is 2.25. The first-order chi connectivity index (χ1) is 14.6. The number of hydrogen-bond acceptors (Lipinski definition) is 3. The number of benzene rings is 1. The summed E-state index contributed by atoms with van der Waals surface area (Å²) in [6.45, 7) is 3.52. The molecule has 1 saturated carbocycles. The molecule has 0 aromatic heterocycles. The molecule has 1 aromatic carbocycles. The van der Waals surface area contributed by atoms with Crippen LogP contribution in [0.3, 0.4) is 0 Å². The van der Waals surface area contributed by atoms with E-state index in [0.717, 1.165) is 44.1 Å². The lowest BCUT2D eigenvalue weighted by molar-refractivity contribution is -0.159. The molecule has 30 heavy (non-hydrogen) atoms. The maximum atomic E-state index is 13.4. The molecule has 3 amide bonds. The van der Waals surface area contributed by atoms with Gasteiger partial charge in [-0.1, -0.05) is 75.8 Å². The van der Waals surface area contributed by atoms with E-state index < -0.39 is 17.9 Å². The van der Waals surface area contributed by atoms with Crippen LogP contribution in [0.4, 0.5) is 0 Å². The Morgan fingerprint density at radius 3 is 2.33 bits per heavy atom. The lowest BCUT2D eigenvalue weighted by Gasteiger charge is -2.38. The molecule has 2 aliphatic rings. The summed E-state index contributed by atoms with van der Waals surface area (Å²) < 4.78 is 0. The van der Waals surface area contributed by atoms with Gasteiger partial charge in [-0.15, -0.1) is 0 Å². The number of carbonyl (C=O) groups is 3. The molecule has 3 rings (SSSR count). The summed E-state index contributed by atoms with van der Waals surface area (Å²) in [6, 6.07) is 8.74. The normalized spacial score (nSPS) is 19.9. The lowest BCUT2D eigenvalue weighted by atomic mass is 9.95. The van der Waals surface area contributed by atoms with Crippen molar-refractivity contribution in [2.75, 3.05) is 19.6 Å². The Kier molecular flexibility index (Phi) is 8.29. The topological polar surface area (TPSA) is 69.7 Å². The zero-order valence-electron chi connectivity index (χ0n) is 18.1. The van der Waals surface area contributed by atoms with E-state index in [1.165, 1.54) is 24.2 Å². The highest BCUT2D eigenvalue weighted by molar-refractivity contribution is 6.35. The Labute approximate surface area is 180 Å². The van der Waals surface area contributed by atoms with E-state index in [0.29, 0.717) is 19.6 Å². The minimum atomic E-state index is -0.763. The molecular weight excluding hydrogens is 378 g/mol. The molecule has 164 valence electrons. The van der Waals surface area contributed by atoms with Crippen LogP contribution in [0.15, 0.2) is 30.3 Å². The second-order valence-electron chi connectivity index (χ2n) is 8.51. The molecule has 1 atom stereocenters. The van der Waals surface area contributed by atoms with E-state index in [1.54, 1.807) is 4.90 Å². The number of nitrogens with one attached hydrogen (secondary N) is 1. The number of nitrogens with zero attached hydrogens (tertiary/aromatic N) is 2. The summed E-state index contributed by atoms with van der Waals surface area (Å²) in [5.41, 5.74) is 0.754. The summed E-state index contributed by atoms with van der Waals surface area (Å²) in [5.74, 6) is -1.23. The smallest absolute Gasteiger partial charge is 0.313 e. The van der Waals surface area contributed by atoms with Gasteiger partial charge < -0.3 is 15.1 Å². The van der Waals surface area contributed by atoms with Crippen molar-refractivity contribution in [1.29, 1.82) is 0 Å². The first-order valence-electron chi connectivity index (χ1n) is 11.6. The summed E-state index contributed by atoms with van der Waals surface area (Å²) in [4.78, 5) is 42.1.